The van der Waals surface area contributed by atoms with Crippen molar-refractivity contribution in [3.63, 3.8) is 0 Å². The second-order valence-corrected chi connectivity index (χ2v) is 2.60. The van der Waals surface area contributed by atoms with Gasteiger partial charge in [0, 0.05) is 6.54 Å². The number of halogens is 1. The third-order valence-electron chi connectivity index (χ3n) is 0.876. The van der Waals surface area contributed by atoms with Gasteiger partial charge in [-0.3, -0.25) is 0 Å². The molecule has 1 saturated heterocycles. The van der Waals surface area contributed by atoms with Crippen molar-refractivity contribution in [2.24, 2.45) is 0 Å². The van der Waals surface area contributed by atoms with Crippen molar-refractivity contribution in [3.8, 4) is 0 Å². The van der Waals surface area contributed by atoms with Crippen molar-refractivity contribution in [2.45, 2.75) is 4.95 Å². The van der Waals surface area contributed by atoms with Gasteiger partial charge < -0.3 is 10.1 Å². The van der Waals surface area contributed by atoms with E-state index in [1.807, 2.05) is 0 Å². The third kappa shape index (κ3) is 1.76. The van der Waals surface area contributed by atoms with Crippen LogP contribution in [0.25, 0.3) is 0 Å². The van der Waals surface area contributed by atoms with Gasteiger partial charge in [-0.15, -0.1) is 0 Å². The predicted molar refractivity (Wildman–Crippen MR) is 31.5 cm³/mol. The maximum absolute atomic E-state index is 5.07. The highest BCUT2D eigenvalue weighted by atomic mass is 79.9. The van der Waals surface area contributed by atoms with Crippen molar-refractivity contribution in [1.82, 2.24) is 5.32 Å². The molecule has 0 saturated carbocycles. The predicted octanol–water partition coefficient (Wildman–Crippen LogP) is 0.327. The van der Waals surface area contributed by atoms with E-state index < -0.39 is 0 Å². The molecule has 3 heteroatoms. The summed E-state index contributed by atoms with van der Waals surface area (Å²) in [5.41, 5.74) is 0. The molecule has 0 bridgehead atoms. The molecule has 0 radical (unpaired) electrons. The molecule has 1 aliphatic heterocycles. The largest absolute Gasteiger partial charge is 0.378 e. The first kappa shape index (κ1) is 5.54. The Morgan fingerprint density at radius 3 is 2.86 bits per heavy atom. The molecule has 0 aromatic rings. The lowest BCUT2D eigenvalue weighted by Gasteiger charge is -2.17. The van der Waals surface area contributed by atoms with Gasteiger partial charge in [-0.1, -0.05) is 15.9 Å². The van der Waals surface area contributed by atoms with Crippen LogP contribution in [0.5, 0.6) is 0 Å². The fraction of sp³-hybridized carbons (Fsp3) is 1.00. The Balaban J connectivity index is 2.12. The molecule has 0 spiro atoms. The van der Waals surface area contributed by atoms with E-state index in [4.69, 9.17) is 4.74 Å². The summed E-state index contributed by atoms with van der Waals surface area (Å²) in [6.07, 6.45) is 0. The van der Waals surface area contributed by atoms with Crippen LogP contribution in [0.3, 0.4) is 0 Å². The summed E-state index contributed by atoms with van der Waals surface area (Å²) in [6.45, 7) is 2.61. The summed E-state index contributed by atoms with van der Waals surface area (Å²) in [6, 6.07) is 0. The van der Waals surface area contributed by atoms with E-state index >= 15 is 0 Å². The van der Waals surface area contributed by atoms with Gasteiger partial charge in [0.2, 0.25) is 0 Å². The molecule has 1 unspecified atom stereocenters. The number of alkyl halides is 1. The number of rotatable bonds is 0. The highest BCUT2D eigenvalue weighted by Gasteiger charge is 2.06. The zero-order valence-electron chi connectivity index (χ0n) is 3.98. The molecule has 1 heterocycles. The second-order valence-electron chi connectivity index (χ2n) is 1.50. The first-order valence-electron chi connectivity index (χ1n) is 2.35. The highest BCUT2D eigenvalue weighted by molar-refractivity contribution is 9.09. The summed E-state index contributed by atoms with van der Waals surface area (Å²) >= 11 is 3.35. The lowest BCUT2D eigenvalue weighted by molar-refractivity contribution is 0.102. The first-order chi connectivity index (χ1) is 3.39. The van der Waals surface area contributed by atoms with E-state index in [-0.39, 0.29) is 0 Å². The standard InChI is InChI=1S/C4H8BrNO/c5-4-3-7-2-1-6-4/h4,6H,1-3H2. The van der Waals surface area contributed by atoms with E-state index in [1.54, 1.807) is 0 Å². The molecule has 0 aromatic carbocycles. The van der Waals surface area contributed by atoms with Crippen LogP contribution in [-0.4, -0.2) is 24.7 Å². The average molecular weight is 166 g/mol. The molecule has 1 fully saturated rings. The first-order valence-corrected chi connectivity index (χ1v) is 3.26. The molecule has 2 nitrogen and oxygen atoms in total. The molecule has 1 N–H and O–H groups in total. The van der Waals surface area contributed by atoms with Crippen LogP contribution < -0.4 is 5.32 Å². The zero-order valence-corrected chi connectivity index (χ0v) is 5.57. The number of nitrogens with one attached hydrogen (secondary N) is 1. The van der Waals surface area contributed by atoms with Crippen LogP contribution in [0.4, 0.5) is 0 Å². The quantitative estimate of drug-likeness (QED) is 0.413. The molecule has 0 aliphatic carbocycles. The summed E-state index contributed by atoms with van der Waals surface area (Å²) < 4.78 is 5.07. The monoisotopic (exact) mass is 165 g/mol. The maximum Gasteiger partial charge on any atom is 0.0868 e. The van der Waals surface area contributed by atoms with Gasteiger partial charge in [0.1, 0.15) is 0 Å². The SMILES string of the molecule is BrC1COCCN1. The lowest BCUT2D eigenvalue weighted by Crippen LogP contribution is -2.36. The van der Waals surface area contributed by atoms with Gasteiger partial charge in [0.15, 0.2) is 0 Å². The van der Waals surface area contributed by atoms with Crippen molar-refractivity contribution >= 4 is 15.9 Å². The van der Waals surface area contributed by atoms with E-state index in [9.17, 15) is 0 Å². The number of ether oxygens (including phenoxy) is 1. The summed E-state index contributed by atoms with van der Waals surface area (Å²) in [4.78, 5) is 0.376. The molecule has 7 heavy (non-hydrogen) atoms. The van der Waals surface area contributed by atoms with E-state index in [1.165, 1.54) is 0 Å². The van der Waals surface area contributed by atoms with Gasteiger partial charge in [0.25, 0.3) is 0 Å². The topological polar surface area (TPSA) is 21.3 Å². The van der Waals surface area contributed by atoms with Crippen LogP contribution in [-0.2, 0) is 4.74 Å². The van der Waals surface area contributed by atoms with Crippen LogP contribution in [0, 0.1) is 0 Å². The van der Waals surface area contributed by atoms with Crippen LogP contribution >= 0.6 is 15.9 Å². The smallest absolute Gasteiger partial charge is 0.0868 e. The molecule has 0 amide bonds. The fourth-order valence-corrected chi connectivity index (χ4v) is 0.949. The van der Waals surface area contributed by atoms with Crippen molar-refractivity contribution in [2.75, 3.05) is 19.8 Å². The molecule has 1 atom stereocenters. The Morgan fingerprint density at radius 1 is 1.71 bits per heavy atom. The van der Waals surface area contributed by atoms with Crippen molar-refractivity contribution < 1.29 is 4.74 Å². The molecule has 1 rings (SSSR count). The molecular weight excluding hydrogens is 158 g/mol. The number of morpholine rings is 1. The Bertz CT molecular complexity index is 53.7. The van der Waals surface area contributed by atoms with Crippen LogP contribution in [0.1, 0.15) is 0 Å². The van der Waals surface area contributed by atoms with Gasteiger partial charge in [-0.05, 0) is 0 Å². The summed E-state index contributed by atoms with van der Waals surface area (Å²) in [5, 5.41) is 3.17. The number of hydrogen-bond acceptors (Lipinski definition) is 2. The minimum Gasteiger partial charge on any atom is -0.378 e. The second kappa shape index (κ2) is 2.64. The third-order valence-corrected chi connectivity index (χ3v) is 1.46. The normalized spacial score (nSPS) is 33.0. The average Bonchev–Trinajstić information content (AvgIpc) is 1.69. The summed E-state index contributed by atoms with van der Waals surface area (Å²) in [5.74, 6) is 0. The van der Waals surface area contributed by atoms with Crippen molar-refractivity contribution in [3.05, 3.63) is 0 Å². The van der Waals surface area contributed by atoms with Gasteiger partial charge in [-0.2, -0.15) is 0 Å². The van der Waals surface area contributed by atoms with E-state index in [0.717, 1.165) is 19.8 Å². The maximum atomic E-state index is 5.07. The lowest BCUT2D eigenvalue weighted by atomic mass is 10.5. The Kier molecular flexibility index (Phi) is 2.09. The van der Waals surface area contributed by atoms with E-state index in [2.05, 4.69) is 21.2 Å². The summed E-state index contributed by atoms with van der Waals surface area (Å²) in [7, 11) is 0. The van der Waals surface area contributed by atoms with Gasteiger partial charge in [0.05, 0.1) is 18.2 Å². The van der Waals surface area contributed by atoms with Gasteiger partial charge in [-0.25, -0.2) is 0 Å². The molecular formula is C4H8BrNO. The molecule has 1 aliphatic rings. The zero-order chi connectivity index (χ0) is 5.11. The van der Waals surface area contributed by atoms with Crippen LogP contribution in [0.15, 0.2) is 0 Å². The van der Waals surface area contributed by atoms with Crippen LogP contribution in [0.2, 0.25) is 0 Å². The van der Waals surface area contributed by atoms with E-state index in [0.29, 0.717) is 4.95 Å². The fourth-order valence-electron chi connectivity index (χ4n) is 0.533. The Hall–Kier alpha value is 0.400. The minimum absolute atomic E-state index is 0.376. The molecule has 0 aromatic heterocycles. The molecule has 42 valence electrons. The number of hydrogen-bond donors (Lipinski definition) is 1. The van der Waals surface area contributed by atoms with Gasteiger partial charge >= 0.3 is 0 Å². The minimum atomic E-state index is 0.376. The Morgan fingerprint density at radius 2 is 2.57 bits per heavy atom. The van der Waals surface area contributed by atoms with Crippen molar-refractivity contribution in [1.29, 1.82) is 0 Å². The Labute approximate surface area is 51.4 Å². The highest BCUT2D eigenvalue weighted by Crippen LogP contribution is 1.98.